The van der Waals surface area contributed by atoms with Gasteiger partial charge < -0.3 is 9.15 Å². The van der Waals surface area contributed by atoms with Crippen LogP contribution >= 0.6 is 0 Å². The molecule has 0 bridgehead atoms. The van der Waals surface area contributed by atoms with Gasteiger partial charge in [0.15, 0.2) is 0 Å². The third-order valence-corrected chi connectivity index (χ3v) is 6.47. The van der Waals surface area contributed by atoms with Crippen LogP contribution in [0, 0.1) is 6.92 Å². The molecule has 0 saturated heterocycles. The van der Waals surface area contributed by atoms with Crippen LogP contribution in [0.2, 0.25) is 0 Å². The van der Waals surface area contributed by atoms with E-state index in [1.165, 1.54) is 23.6 Å². The normalized spacial score (nSPS) is 13.4. The van der Waals surface area contributed by atoms with Crippen LogP contribution in [0.1, 0.15) is 83.2 Å². The van der Waals surface area contributed by atoms with Crippen LogP contribution in [0.25, 0.3) is 16.5 Å². The lowest BCUT2D eigenvalue weighted by atomic mass is 9.85. The fourth-order valence-corrected chi connectivity index (χ4v) is 4.20. The quantitative estimate of drug-likeness (QED) is 0.346. The average molecular weight is 487 g/mol. The molecule has 0 fully saturated rings. The van der Waals surface area contributed by atoms with Gasteiger partial charge in [0.1, 0.15) is 22.9 Å². The Morgan fingerprint density at radius 3 is 2.08 bits per heavy atom. The molecule has 0 atom stereocenters. The first-order chi connectivity index (χ1) is 16.6. The van der Waals surface area contributed by atoms with Crippen LogP contribution in [0.5, 0.6) is 5.75 Å². The Kier molecular flexibility index (Phi) is 7.50. The zero-order chi connectivity index (χ0) is 27.0. The number of hydrogen-bond acceptors (Lipinski definition) is 4. The van der Waals surface area contributed by atoms with Crippen molar-refractivity contribution in [1.82, 2.24) is 0 Å². The molecule has 1 aliphatic heterocycles. The van der Waals surface area contributed by atoms with Crippen molar-refractivity contribution < 1.29 is 13.9 Å². The van der Waals surface area contributed by atoms with Gasteiger partial charge in [-0.1, -0.05) is 72.4 Å². The lowest BCUT2D eigenvalue weighted by Gasteiger charge is -2.23. The third-order valence-electron chi connectivity index (χ3n) is 6.47. The van der Waals surface area contributed by atoms with Crippen LogP contribution in [-0.4, -0.2) is 5.78 Å². The Hall–Kier alpha value is -3.40. The second kappa shape index (κ2) is 9.93. The largest absolute Gasteiger partial charge is 0.457 e. The SMILES string of the molecule is C=C1C=C(C)c2ccc(C(C)(C)C)cc2O1.CC(=O)Cc1c(C)c2ccc(C(C)(C)C)cc2oc1=O. The highest BCUT2D eigenvalue weighted by molar-refractivity contribution is 5.85. The van der Waals surface area contributed by atoms with E-state index in [1.807, 2.05) is 31.2 Å². The summed E-state index contributed by atoms with van der Waals surface area (Å²) in [5.41, 5.74) is 6.42. The lowest BCUT2D eigenvalue weighted by Crippen LogP contribution is -2.15. The Balaban J connectivity index is 0.000000205. The molecule has 0 N–H and O–H groups in total. The van der Waals surface area contributed by atoms with Crippen molar-refractivity contribution in [2.24, 2.45) is 0 Å². The molecule has 190 valence electrons. The van der Waals surface area contributed by atoms with E-state index >= 15 is 0 Å². The molecular formula is C32H38O4. The molecule has 2 aromatic carbocycles. The van der Waals surface area contributed by atoms with Crippen molar-refractivity contribution in [1.29, 1.82) is 0 Å². The number of fused-ring (bicyclic) bond motifs is 2. The molecule has 0 aliphatic carbocycles. The van der Waals surface area contributed by atoms with E-state index in [1.54, 1.807) is 0 Å². The van der Waals surface area contributed by atoms with Crippen LogP contribution in [0.15, 0.2) is 64.0 Å². The van der Waals surface area contributed by atoms with Crippen molar-refractivity contribution in [2.45, 2.75) is 79.6 Å². The van der Waals surface area contributed by atoms with E-state index in [4.69, 9.17) is 9.15 Å². The summed E-state index contributed by atoms with van der Waals surface area (Å²) in [6.07, 6.45) is 2.10. The zero-order valence-corrected chi connectivity index (χ0v) is 23.1. The molecule has 4 nitrogen and oxygen atoms in total. The molecule has 0 unspecified atom stereocenters. The summed E-state index contributed by atoms with van der Waals surface area (Å²) >= 11 is 0. The van der Waals surface area contributed by atoms with Gasteiger partial charge >= 0.3 is 5.63 Å². The molecule has 0 spiro atoms. The first-order valence-electron chi connectivity index (χ1n) is 12.3. The van der Waals surface area contributed by atoms with E-state index in [-0.39, 0.29) is 23.0 Å². The number of Topliss-reactive ketones (excluding diaryl/α,β-unsaturated/α-hetero) is 1. The van der Waals surface area contributed by atoms with E-state index < -0.39 is 5.63 Å². The Bertz CT molecular complexity index is 1420. The zero-order valence-electron chi connectivity index (χ0n) is 23.1. The van der Waals surface area contributed by atoms with E-state index in [0.29, 0.717) is 11.1 Å². The summed E-state index contributed by atoms with van der Waals surface area (Å²) < 4.78 is 11.1. The predicted molar refractivity (Wildman–Crippen MR) is 149 cm³/mol. The highest BCUT2D eigenvalue weighted by Gasteiger charge is 2.19. The molecular weight excluding hydrogens is 448 g/mol. The van der Waals surface area contributed by atoms with E-state index in [0.717, 1.165) is 28.0 Å². The molecule has 2 heterocycles. The number of carbonyl (C=O) groups excluding carboxylic acids is 1. The minimum Gasteiger partial charge on any atom is -0.457 e. The number of aryl methyl sites for hydroxylation is 1. The summed E-state index contributed by atoms with van der Waals surface area (Å²) in [6.45, 7) is 22.2. The van der Waals surface area contributed by atoms with Gasteiger partial charge in [0.25, 0.3) is 0 Å². The standard InChI is InChI=1S/C17H20O3.C15H18O/c1-10(18)8-14-11(2)13-7-6-12(17(3,4)5)9-15(13)20-16(14)19;1-10-8-11(2)16-14-9-12(15(3,4)5)6-7-13(10)14/h6-7,9H,8H2,1-5H3;6-9H,2H2,1,3-5H3. The Morgan fingerprint density at radius 1 is 0.917 bits per heavy atom. The highest BCUT2D eigenvalue weighted by atomic mass is 16.5. The summed E-state index contributed by atoms with van der Waals surface area (Å²) in [5, 5.41) is 0.897. The van der Waals surface area contributed by atoms with Crippen molar-refractivity contribution in [3.63, 3.8) is 0 Å². The summed E-state index contributed by atoms with van der Waals surface area (Å²) in [5.74, 6) is 1.61. The number of rotatable bonds is 2. The van der Waals surface area contributed by atoms with Crippen LogP contribution in [-0.2, 0) is 22.0 Å². The third kappa shape index (κ3) is 6.04. The molecule has 0 radical (unpaired) electrons. The van der Waals surface area contributed by atoms with E-state index in [9.17, 15) is 9.59 Å². The fraction of sp³-hybridized carbons (Fsp3) is 0.375. The number of hydrogen-bond donors (Lipinski definition) is 0. The minimum absolute atomic E-state index is 0.00127. The van der Waals surface area contributed by atoms with E-state index in [2.05, 4.69) is 73.2 Å². The summed E-state index contributed by atoms with van der Waals surface area (Å²) in [6, 6.07) is 12.4. The molecule has 4 rings (SSSR count). The van der Waals surface area contributed by atoms with Crippen molar-refractivity contribution in [3.05, 3.63) is 93.0 Å². The van der Waals surface area contributed by atoms with Gasteiger partial charge in [0.2, 0.25) is 0 Å². The summed E-state index contributed by atoms with van der Waals surface area (Å²) in [4.78, 5) is 23.3. The summed E-state index contributed by atoms with van der Waals surface area (Å²) in [7, 11) is 0. The number of ketones is 1. The minimum atomic E-state index is -0.406. The Labute approximate surface area is 214 Å². The first-order valence-corrected chi connectivity index (χ1v) is 12.3. The monoisotopic (exact) mass is 486 g/mol. The molecule has 0 saturated carbocycles. The number of allylic oxidation sites excluding steroid dienone is 2. The number of benzene rings is 2. The molecule has 4 heteroatoms. The van der Waals surface area contributed by atoms with Crippen molar-refractivity contribution in [2.75, 3.05) is 0 Å². The molecule has 1 aromatic heterocycles. The van der Waals surface area contributed by atoms with Crippen molar-refractivity contribution >= 4 is 22.3 Å². The van der Waals surface area contributed by atoms with Gasteiger partial charge in [0, 0.05) is 22.9 Å². The number of carbonyl (C=O) groups is 1. The maximum absolute atomic E-state index is 12.0. The van der Waals surface area contributed by atoms with Gasteiger partial charge in [-0.15, -0.1) is 0 Å². The molecule has 1 aliphatic rings. The predicted octanol–water partition coefficient (Wildman–Crippen LogP) is 7.82. The second-order valence-corrected chi connectivity index (χ2v) is 11.7. The lowest BCUT2D eigenvalue weighted by molar-refractivity contribution is -0.116. The van der Waals surface area contributed by atoms with Crippen LogP contribution < -0.4 is 10.4 Å². The Morgan fingerprint density at radius 2 is 1.50 bits per heavy atom. The van der Waals surface area contributed by atoms with Gasteiger partial charge in [-0.25, -0.2) is 4.79 Å². The fourth-order valence-electron chi connectivity index (χ4n) is 4.20. The van der Waals surface area contributed by atoms with Gasteiger partial charge in [-0.05, 0) is 72.1 Å². The molecule has 3 aromatic rings. The maximum atomic E-state index is 12.0. The second-order valence-electron chi connectivity index (χ2n) is 11.7. The smallest absolute Gasteiger partial charge is 0.340 e. The van der Waals surface area contributed by atoms with Gasteiger partial charge in [0.05, 0.1) is 0 Å². The van der Waals surface area contributed by atoms with Crippen LogP contribution in [0.3, 0.4) is 0 Å². The van der Waals surface area contributed by atoms with Gasteiger partial charge in [-0.2, -0.15) is 0 Å². The number of ether oxygens (including phenoxy) is 1. The first kappa shape index (κ1) is 27.2. The maximum Gasteiger partial charge on any atom is 0.340 e. The molecule has 0 amide bonds. The van der Waals surface area contributed by atoms with Gasteiger partial charge in [-0.3, -0.25) is 4.79 Å². The average Bonchev–Trinajstić information content (AvgIpc) is 2.75. The highest BCUT2D eigenvalue weighted by Crippen LogP contribution is 2.36. The van der Waals surface area contributed by atoms with Crippen molar-refractivity contribution in [3.8, 4) is 5.75 Å². The van der Waals surface area contributed by atoms with Crippen LogP contribution in [0.4, 0.5) is 0 Å². The topological polar surface area (TPSA) is 56.5 Å². The molecule has 36 heavy (non-hydrogen) atoms.